The minimum Gasteiger partial charge on any atom is -0.461 e. The fourth-order valence-electron chi connectivity index (χ4n) is 1.69. The number of carbonyl (C=O) groups excluding carboxylic acids is 1. The number of hydrogen-bond acceptors (Lipinski definition) is 6. The molecule has 0 saturated heterocycles. The van der Waals surface area contributed by atoms with Crippen molar-refractivity contribution >= 4 is 39.1 Å². The van der Waals surface area contributed by atoms with Gasteiger partial charge in [0.15, 0.2) is 6.20 Å². The number of ether oxygens (including phenoxy) is 1. The Hall–Kier alpha value is -2.48. The van der Waals surface area contributed by atoms with Crippen LogP contribution in [0.15, 0.2) is 41.0 Å². The molecule has 0 bridgehead atoms. The number of halogens is 1. The van der Waals surface area contributed by atoms with Crippen LogP contribution in [-0.2, 0) is 16.1 Å². The Morgan fingerprint density at radius 1 is 1.41 bits per heavy atom. The number of pyridine rings is 1. The SMILES string of the molecule is CC(=O)OCc1ccc(Nc2cc(Br)cnc2[N+](=O)[O-])cc1. The first-order valence-corrected chi connectivity index (χ1v) is 7.04. The molecule has 2 aromatic rings. The van der Waals surface area contributed by atoms with Gasteiger partial charge < -0.3 is 20.2 Å². The minimum atomic E-state index is -0.552. The van der Waals surface area contributed by atoms with E-state index in [0.717, 1.165) is 5.56 Å². The number of esters is 1. The van der Waals surface area contributed by atoms with E-state index in [1.165, 1.54) is 13.1 Å². The van der Waals surface area contributed by atoms with Gasteiger partial charge in [-0.25, -0.2) is 0 Å². The topological polar surface area (TPSA) is 94.4 Å². The van der Waals surface area contributed by atoms with Crippen LogP contribution in [0.3, 0.4) is 0 Å². The van der Waals surface area contributed by atoms with E-state index < -0.39 is 4.92 Å². The van der Waals surface area contributed by atoms with Crippen LogP contribution < -0.4 is 5.32 Å². The summed E-state index contributed by atoms with van der Waals surface area (Å²) < 4.78 is 5.52. The second-order valence-corrected chi connectivity index (χ2v) is 5.30. The summed E-state index contributed by atoms with van der Waals surface area (Å²) in [4.78, 5) is 24.9. The number of aromatic nitrogens is 1. The summed E-state index contributed by atoms with van der Waals surface area (Å²) in [6.07, 6.45) is 1.37. The number of benzene rings is 1. The molecule has 0 aliphatic carbocycles. The highest BCUT2D eigenvalue weighted by atomic mass is 79.9. The molecular formula is C14H12BrN3O4. The van der Waals surface area contributed by atoms with Crippen molar-refractivity contribution in [3.05, 3.63) is 56.7 Å². The van der Waals surface area contributed by atoms with Gasteiger partial charge in [-0.15, -0.1) is 0 Å². The van der Waals surface area contributed by atoms with Crippen LogP contribution >= 0.6 is 15.9 Å². The summed E-state index contributed by atoms with van der Waals surface area (Å²) in [7, 11) is 0. The molecule has 0 radical (unpaired) electrons. The summed E-state index contributed by atoms with van der Waals surface area (Å²) in [5, 5.41) is 13.9. The van der Waals surface area contributed by atoms with E-state index >= 15 is 0 Å². The number of hydrogen-bond donors (Lipinski definition) is 1. The van der Waals surface area contributed by atoms with Crippen molar-refractivity contribution in [1.29, 1.82) is 0 Å². The molecule has 114 valence electrons. The van der Waals surface area contributed by atoms with Gasteiger partial charge in [0.2, 0.25) is 0 Å². The van der Waals surface area contributed by atoms with Crippen molar-refractivity contribution in [2.24, 2.45) is 0 Å². The number of anilines is 2. The van der Waals surface area contributed by atoms with Crippen LogP contribution in [0.1, 0.15) is 12.5 Å². The molecule has 2 rings (SSSR count). The molecule has 0 amide bonds. The molecule has 0 spiro atoms. The van der Waals surface area contributed by atoms with Crippen LogP contribution in [0.5, 0.6) is 0 Å². The summed E-state index contributed by atoms with van der Waals surface area (Å²) in [6.45, 7) is 1.53. The molecule has 0 saturated carbocycles. The molecule has 1 N–H and O–H groups in total. The number of nitrogens with zero attached hydrogens (tertiary/aromatic N) is 2. The Kier molecular flexibility index (Phi) is 5.05. The van der Waals surface area contributed by atoms with Crippen LogP contribution in [0.25, 0.3) is 0 Å². The van der Waals surface area contributed by atoms with Gasteiger partial charge in [-0.2, -0.15) is 0 Å². The van der Waals surface area contributed by atoms with Crippen LogP contribution in [0, 0.1) is 10.1 Å². The van der Waals surface area contributed by atoms with Gasteiger partial charge in [-0.3, -0.25) is 4.79 Å². The highest BCUT2D eigenvalue weighted by molar-refractivity contribution is 9.10. The number of nitrogens with one attached hydrogen (secondary N) is 1. The standard InChI is InChI=1S/C14H12BrN3O4/c1-9(19)22-8-10-2-4-12(5-3-10)17-13-6-11(15)7-16-14(13)18(20)21/h2-7,17H,8H2,1H3. The zero-order chi connectivity index (χ0) is 16.1. The van der Waals surface area contributed by atoms with Gasteiger partial charge >= 0.3 is 11.8 Å². The monoisotopic (exact) mass is 365 g/mol. The highest BCUT2D eigenvalue weighted by Crippen LogP contribution is 2.28. The van der Waals surface area contributed by atoms with E-state index in [1.807, 2.05) is 0 Å². The lowest BCUT2D eigenvalue weighted by molar-refractivity contribution is -0.388. The fourth-order valence-corrected chi connectivity index (χ4v) is 2.03. The van der Waals surface area contributed by atoms with Crippen molar-refractivity contribution in [3.8, 4) is 0 Å². The van der Waals surface area contributed by atoms with Gasteiger partial charge in [0.05, 0.1) is 4.47 Å². The Morgan fingerprint density at radius 3 is 2.68 bits per heavy atom. The van der Waals surface area contributed by atoms with Gasteiger partial charge in [0.25, 0.3) is 0 Å². The molecule has 1 heterocycles. The summed E-state index contributed by atoms with van der Waals surface area (Å²) in [5.74, 6) is -0.606. The average Bonchev–Trinajstić information content (AvgIpc) is 2.46. The van der Waals surface area contributed by atoms with Gasteiger partial charge in [-0.1, -0.05) is 12.1 Å². The zero-order valence-electron chi connectivity index (χ0n) is 11.6. The summed E-state index contributed by atoms with van der Waals surface area (Å²) in [6, 6.07) is 8.59. The smallest absolute Gasteiger partial charge is 0.387 e. The van der Waals surface area contributed by atoms with E-state index in [4.69, 9.17) is 4.74 Å². The first-order valence-electron chi connectivity index (χ1n) is 6.25. The zero-order valence-corrected chi connectivity index (χ0v) is 13.2. The molecule has 0 fully saturated rings. The Labute approximate surface area is 134 Å². The van der Waals surface area contributed by atoms with Crippen molar-refractivity contribution < 1.29 is 14.5 Å². The maximum absolute atomic E-state index is 11.0. The molecule has 0 aliphatic heterocycles. The van der Waals surface area contributed by atoms with E-state index in [9.17, 15) is 14.9 Å². The maximum atomic E-state index is 11.0. The molecule has 0 aliphatic rings. The maximum Gasteiger partial charge on any atom is 0.387 e. The number of carbonyl (C=O) groups is 1. The first-order chi connectivity index (χ1) is 10.5. The van der Waals surface area contributed by atoms with Gasteiger partial charge in [-0.05, 0) is 49.6 Å². The molecule has 7 nitrogen and oxygen atoms in total. The van der Waals surface area contributed by atoms with E-state index in [1.54, 1.807) is 30.3 Å². The van der Waals surface area contributed by atoms with Gasteiger partial charge in [0.1, 0.15) is 12.3 Å². The summed E-state index contributed by atoms with van der Waals surface area (Å²) in [5.41, 5.74) is 1.77. The fraction of sp³-hybridized carbons (Fsp3) is 0.143. The third-order valence-corrected chi connectivity index (χ3v) is 3.11. The number of rotatable bonds is 5. The Morgan fingerprint density at radius 2 is 2.09 bits per heavy atom. The molecule has 0 atom stereocenters. The summed E-state index contributed by atoms with van der Waals surface area (Å²) >= 11 is 3.23. The number of nitro groups is 1. The Balaban J connectivity index is 2.15. The van der Waals surface area contributed by atoms with Crippen molar-refractivity contribution in [1.82, 2.24) is 4.98 Å². The van der Waals surface area contributed by atoms with Crippen molar-refractivity contribution in [3.63, 3.8) is 0 Å². The van der Waals surface area contributed by atoms with E-state index in [0.29, 0.717) is 10.2 Å². The quantitative estimate of drug-likeness (QED) is 0.494. The van der Waals surface area contributed by atoms with Crippen molar-refractivity contribution in [2.45, 2.75) is 13.5 Å². The Bertz CT molecular complexity index is 704. The lowest BCUT2D eigenvalue weighted by atomic mass is 10.2. The van der Waals surface area contributed by atoms with Crippen LogP contribution in [0.4, 0.5) is 17.2 Å². The lowest BCUT2D eigenvalue weighted by Gasteiger charge is -2.08. The molecule has 1 aromatic heterocycles. The van der Waals surface area contributed by atoms with Gasteiger partial charge in [0, 0.05) is 12.6 Å². The third kappa shape index (κ3) is 4.26. The first kappa shape index (κ1) is 15.9. The molecule has 1 aromatic carbocycles. The molecular weight excluding hydrogens is 354 g/mol. The van der Waals surface area contributed by atoms with Crippen molar-refractivity contribution in [2.75, 3.05) is 5.32 Å². The second kappa shape index (κ2) is 6.99. The minimum absolute atomic E-state index is 0.189. The second-order valence-electron chi connectivity index (χ2n) is 4.38. The molecule has 0 unspecified atom stereocenters. The van der Waals surface area contributed by atoms with Crippen LogP contribution in [-0.4, -0.2) is 15.9 Å². The predicted octanol–water partition coefficient (Wildman–Crippen LogP) is 3.56. The average molecular weight is 366 g/mol. The highest BCUT2D eigenvalue weighted by Gasteiger charge is 2.16. The normalized spacial score (nSPS) is 10.1. The van der Waals surface area contributed by atoms with Crippen LogP contribution in [0.2, 0.25) is 0 Å². The lowest BCUT2D eigenvalue weighted by Crippen LogP contribution is -2.00. The molecule has 8 heteroatoms. The predicted molar refractivity (Wildman–Crippen MR) is 83.8 cm³/mol. The van der Waals surface area contributed by atoms with E-state index in [2.05, 4.69) is 26.2 Å². The third-order valence-electron chi connectivity index (χ3n) is 2.68. The largest absolute Gasteiger partial charge is 0.461 e. The molecule has 22 heavy (non-hydrogen) atoms. The van der Waals surface area contributed by atoms with E-state index in [-0.39, 0.29) is 24.1 Å².